The first-order valence-corrected chi connectivity index (χ1v) is 15.9. The largest absolute Gasteiger partial charge is 0.353 e. The number of benzene rings is 3. The van der Waals surface area contributed by atoms with E-state index >= 15 is 0 Å². The molecule has 3 N–H and O–H groups in total. The number of pyridine rings is 1. The molecule has 7 nitrogen and oxygen atoms in total. The highest BCUT2D eigenvalue weighted by Crippen LogP contribution is 2.46. The van der Waals surface area contributed by atoms with Gasteiger partial charge in [-0.1, -0.05) is 65.7 Å². The second-order valence-electron chi connectivity index (χ2n) is 11.5. The van der Waals surface area contributed by atoms with E-state index in [1.54, 1.807) is 0 Å². The van der Waals surface area contributed by atoms with Crippen molar-refractivity contribution in [3.8, 4) is 22.5 Å². The summed E-state index contributed by atoms with van der Waals surface area (Å²) in [5.74, 6) is 0.943. The zero-order valence-corrected chi connectivity index (χ0v) is 26.2. The van der Waals surface area contributed by atoms with Gasteiger partial charge in [0.1, 0.15) is 0 Å². The van der Waals surface area contributed by atoms with Gasteiger partial charge in [-0.25, -0.2) is 9.97 Å². The van der Waals surface area contributed by atoms with Gasteiger partial charge in [0.2, 0.25) is 0 Å². The van der Waals surface area contributed by atoms with Gasteiger partial charge >= 0.3 is 0 Å². The molecule has 0 amide bonds. The number of H-pyrrole nitrogens is 1. The predicted octanol–water partition coefficient (Wildman–Crippen LogP) is 8.34. The van der Waals surface area contributed by atoms with Crippen LogP contribution in [0.4, 0.5) is 11.5 Å². The Hall–Kier alpha value is -4.56. The van der Waals surface area contributed by atoms with Crippen molar-refractivity contribution in [1.82, 2.24) is 24.8 Å². The molecule has 45 heavy (non-hydrogen) atoms. The summed E-state index contributed by atoms with van der Waals surface area (Å²) in [7, 11) is 0. The number of hydrogen-bond acceptors (Lipinski definition) is 5. The standard InChI is InChI=1S/C36H31Cl2N7/c1-22(23-8-10-25(37)11-9-23)45-21-41-33-27-6-3-2-5-24(27)19-31(34-32(35(33)45)28-13-12-26(38)20-30(28)43-34)42-29-7-4-14-40-36(29)44-17-15-39-16-18-44/h2-14,19-22,39,42-43H,15-18H2,1H3/b24-19?,31-19+,33-27?,34-31?,35-32?. The Kier molecular flexibility index (Phi) is 7.09. The summed E-state index contributed by atoms with van der Waals surface area (Å²) in [6.45, 7) is 5.85. The second kappa shape index (κ2) is 11.4. The first kappa shape index (κ1) is 28.0. The summed E-state index contributed by atoms with van der Waals surface area (Å²) < 4.78 is 2.27. The molecule has 0 saturated carbocycles. The van der Waals surface area contributed by atoms with Crippen LogP contribution in [0.5, 0.6) is 0 Å². The number of hydrogen-bond donors (Lipinski definition) is 3. The first-order valence-electron chi connectivity index (χ1n) is 15.2. The Labute approximate surface area is 271 Å². The lowest BCUT2D eigenvalue weighted by molar-refractivity contribution is 0.585. The maximum Gasteiger partial charge on any atom is 0.152 e. The summed E-state index contributed by atoms with van der Waals surface area (Å²) in [4.78, 5) is 16.0. The zero-order chi connectivity index (χ0) is 30.5. The second-order valence-corrected chi connectivity index (χ2v) is 12.4. The van der Waals surface area contributed by atoms with Gasteiger partial charge in [-0.2, -0.15) is 0 Å². The van der Waals surface area contributed by atoms with Crippen molar-refractivity contribution in [2.75, 3.05) is 36.4 Å². The topological polar surface area (TPSA) is 73.8 Å². The van der Waals surface area contributed by atoms with Crippen LogP contribution in [-0.2, 0) is 0 Å². The number of aromatic amines is 1. The molecule has 1 aliphatic heterocycles. The fourth-order valence-electron chi connectivity index (χ4n) is 6.55. The van der Waals surface area contributed by atoms with Crippen LogP contribution in [0.2, 0.25) is 10.0 Å². The van der Waals surface area contributed by atoms with E-state index in [1.165, 1.54) is 0 Å². The lowest BCUT2D eigenvalue weighted by Gasteiger charge is -2.30. The Morgan fingerprint density at radius 1 is 0.889 bits per heavy atom. The molecule has 1 aliphatic carbocycles. The Morgan fingerprint density at radius 2 is 1.69 bits per heavy atom. The minimum absolute atomic E-state index is 0.00627. The van der Waals surface area contributed by atoms with Gasteiger partial charge in [0.15, 0.2) is 5.82 Å². The average molecular weight is 633 g/mol. The van der Waals surface area contributed by atoms with Crippen LogP contribution in [0, 0.1) is 0 Å². The van der Waals surface area contributed by atoms with E-state index in [9.17, 15) is 0 Å². The normalized spacial score (nSPS) is 16.2. The third-order valence-electron chi connectivity index (χ3n) is 8.82. The van der Waals surface area contributed by atoms with Gasteiger partial charge in [0.25, 0.3) is 0 Å². The summed E-state index contributed by atoms with van der Waals surface area (Å²) in [5.41, 5.74) is 10.1. The van der Waals surface area contributed by atoms with E-state index in [-0.39, 0.29) is 6.04 Å². The molecule has 9 heteroatoms. The highest BCUT2D eigenvalue weighted by atomic mass is 35.5. The van der Waals surface area contributed by atoms with Crippen LogP contribution < -0.4 is 15.5 Å². The molecule has 1 fully saturated rings. The summed E-state index contributed by atoms with van der Waals surface area (Å²) in [6.07, 6.45) is 6.04. The number of imidazole rings is 1. The van der Waals surface area contributed by atoms with Crippen LogP contribution in [0.1, 0.15) is 29.8 Å². The fraction of sp³-hybridized carbons (Fsp3) is 0.167. The van der Waals surface area contributed by atoms with Gasteiger partial charge in [-0.15, -0.1) is 0 Å². The van der Waals surface area contributed by atoms with E-state index in [2.05, 4.69) is 86.6 Å². The number of anilines is 2. The molecule has 224 valence electrons. The van der Waals surface area contributed by atoms with Crippen LogP contribution in [0.3, 0.4) is 0 Å². The Bertz CT molecular complexity index is 2070. The molecule has 1 saturated heterocycles. The third kappa shape index (κ3) is 4.97. The zero-order valence-electron chi connectivity index (χ0n) is 24.7. The molecule has 6 aromatic rings. The number of fused-ring (bicyclic) bond motifs is 7. The molecule has 0 spiro atoms. The quantitative estimate of drug-likeness (QED) is 0.178. The maximum atomic E-state index is 6.55. The van der Waals surface area contributed by atoms with Crippen molar-refractivity contribution in [1.29, 1.82) is 0 Å². The minimum Gasteiger partial charge on any atom is -0.353 e. The molecule has 8 rings (SSSR count). The minimum atomic E-state index is -0.00627. The number of nitrogens with zero attached hydrogens (tertiary/aromatic N) is 4. The summed E-state index contributed by atoms with van der Waals surface area (Å²) in [5, 5.41) is 9.74. The molecular weight excluding hydrogens is 601 g/mol. The Morgan fingerprint density at radius 3 is 2.53 bits per heavy atom. The van der Waals surface area contributed by atoms with Crippen molar-refractivity contribution in [2.24, 2.45) is 0 Å². The SMILES string of the molecule is CC(c1ccc(Cl)cc1)n1cnc2c1-c1c([nH]c3cc(Cl)ccc13)/C(Nc1cccnc1N1CCNCC1)=C\c1ccccc1-2. The fourth-order valence-corrected chi connectivity index (χ4v) is 6.85. The van der Waals surface area contributed by atoms with E-state index in [0.29, 0.717) is 10.0 Å². The van der Waals surface area contributed by atoms with Gasteiger partial charge in [-0.05, 0) is 60.5 Å². The lowest BCUT2D eigenvalue weighted by Crippen LogP contribution is -2.44. The molecule has 1 atom stereocenters. The predicted molar refractivity (Wildman–Crippen MR) is 186 cm³/mol. The lowest BCUT2D eigenvalue weighted by atomic mass is 9.93. The molecule has 3 aromatic carbocycles. The van der Waals surface area contributed by atoms with E-state index in [0.717, 1.165) is 93.6 Å². The van der Waals surface area contributed by atoms with Gasteiger partial charge in [0.05, 0.1) is 40.8 Å². The molecule has 1 unspecified atom stereocenters. The molecular formula is C36H31Cl2N7. The smallest absolute Gasteiger partial charge is 0.152 e. The molecule has 0 radical (unpaired) electrons. The molecule has 2 aliphatic rings. The summed E-state index contributed by atoms with van der Waals surface area (Å²) in [6, 6.07) is 26.6. The van der Waals surface area contributed by atoms with E-state index in [1.807, 2.05) is 42.9 Å². The number of aromatic nitrogens is 4. The highest BCUT2D eigenvalue weighted by Gasteiger charge is 2.29. The van der Waals surface area contributed by atoms with Crippen LogP contribution >= 0.6 is 23.2 Å². The van der Waals surface area contributed by atoms with Crippen LogP contribution in [0.15, 0.2) is 91.4 Å². The monoisotopic (exact) mass is 631 g/mol. The number of halogens is 2. The van der Waals surface area contributed by atoms with Crippen molar-refractivity contribution in [3.63, 3.8) is 0 Å². The number of rotatable bonds is 5. The Balaban J connectivity index is 1.37. The van der Waals surface area contributed by atoms with Gasteiger partial charge in [-0.3, -0.25) is 0 Å². The highest BCUT2D eigenvalue weighted by molar-refractivity contribution is 6.31. The average Bonchev–Trinajstić information content (AvgIpc) is 3.65. The first-order chi connectivity index (χ1) is 22.0. The van der Waals surface area contributed by atoms with E-state index in [4.69, 9.17) is 33.2 Å². The number of nitrogens with one attached hydrogen (secondary N) is 3. The van der Waals surface area contributed by atoms with Crippen LogP contribution in [-0.4, -0.2) is 45.7 Å². The summed E-state index contributed by atoms with van der Waals surface area (Å²) >= 11 is 12.8. The van der Waals surface area contributed by atoms with Crippen molar-refractivity contribution in [2.45, 2.75) is 13.0 Å². The third-order valence-corrected chi connectivity index (χ3v) is 9.31. The van der Waals surface area contributed by atoms with Crippen molar-refractivity contribution in [3.05, 3.63) is 118 Å². The van der Waals surface area contributed by atoms with Crippen molar-refractivity contribution < 1.29 is 0 Å². The van der Waals surface area contributed by atoms with E-state index < -0.39 is 0 Å². The number of piperazine rings is 1. The van der Waals surface area contributed by atoms with Crippen molar-refractivity contribution >= 4 is 57.4 Å². The van der Waals surface area contributed by atoms with Crippen LogP contribution in [0.25, 0.3) is 45.2 Å². The van der Waals surface area contributed by atoms with Gasteiger partial charge in [0, 0.05) is 64.5 Å². The molecule has 0 bridgehead atoms. The van der Waals surface area contributed by atoms with Gasteiger partial charge < -0.3 is 25.1 Å². The maximum absolute atomic E-state index is 6.55. The molecule has 4 heterocycles. The molecule has 3 aromatic heterocycles.